The van der Waals surface area contributed by atoms with Crippen LogP contribution in [-0.2, 0) is 5.41 Å². The number of aromatic nitrogens is 3. The first-order valence-electron chi connectivity index (χ1n) is 18.6. The van der Waals surface area contributed by atoms with E-state index in [9.17, 15) is 0 Å². The van der Waals surface area contributed by atoms with Crippen LogP contribution in [0.15, 0.2) is 164 Å². The lowest BCUT2D eigenvalue weighted by Crippen LogP contribution is -2.15. The normalized spacial score (nSPS) is 13.3. The third kappa shape index (κ3) is 4.97. The van der Waals surface area contributed by atoms with Crippen molar-refractivity contribution in [2.24, 2.45) is 0 Å². The highest BCUT2D eigenvalue weighted by atomic mass is 16.6. The van der Waals surface area contributed by atoms with Gasteiger partial charge in [-0.3, -0.25) is 0 Å². The van der Waals surface area contributed by atoms with Gasteiger partial charge in [0, 0.05) is 33.2 Å². The summed E-state index contributed by atoms with van der Waals surface area (Å²) in [4.78, 5) is 15.2. The van der Waals surface area contributed by atoms with E-state index in [0.717, 1.165) is 44.5 Å². The molecule has 260 valence electrons. The van der Waals surface area contributed by atoms with Gasteiger partial charge in [-0.15, -0.1) is 0 Å². The Labute approximate surface area is 318 Å². The third-order valence-electron chi connectivity index (χ3n) is 11.2. The number of benzene rings is 8. The van der Waals surface area contributed by atoms with Gasteiger partial charge in [0.05, 0.1) is 0 Å². The Morgan fingerprint density at radius 2 is 1.02 bits per heavy atom. The van der Waals surface area contributed by atoms with Crippen LogP contribution in [0.3, 0.4) is 0 Å². The summed E-state index contributed by atoms with van der Waals surface area (Å²) in [5.41, 5.74) is 9.32. The molecule has 0 fully saturated rings. The van der Waals surface area contributed by atoms with Crippen molar-refractivity contribution in [1.82, 2.24) is 15.0 Å². The molecule has 2 aliphatic rings. The Hall–Kier alpha value is -7.11. The molecule has 8 aromatic carbocycles. The molecule has 5 nitrogen and oxygen atoms in total. The van der Waals surface area contributed by atoms with Gasteiger partial charge in [0.15, 0.2) is 40.5 Å². The van der Waals surface area contributed by atoms with E-state index in [0.29, 0.717) is 34.7 Å². The van der Waals surface area contributed by atoms with Gasteiger partial charge in [0.1, 0.15) is 0 Å². The zero-order valence-corrected chi connectivity index (χ0v) is 30.2. The van der Waals surface area contributed by atoms with Crippen molar-refractivity contribution in [3.05, 3.63) is 175 Å². The minimum atomic E-state index is -0.134. The minimum Gasteiger partial charge on any atom is -0.449 e. The summed E-state index contributed by atoms with van der Waals surface area (Å²) in [5.74, 6) is 4.67. The van der Waals surface area contributed by atoms with Crippen LogP contribution in [0.4, 0.5) is 0 Å². The predicted octanol–water partition coefficient (Wildman–Crippen LogP) is 13.1. The zero-order chi connectivity index (χ0) is 36.7. The van der Waals surface area contributed by atoms with Gasteiger partial charge in [0.2, 0.25) is 0 Å². The van der Waals surface area contributed by atoms with Crippen LogP contribution in [0.5, 0.6) is 23.0 Å². The predicted molar refractivity (Wildman–Crippen MR) is 221 cm³/mol. The smallest absolute Gasteiger partial charge is 0.178 e. The Morgan fingerprint density at radius 3 is 1.89 bits per heavy atom. The Kier molecular flexibility index (Phi) is 6.83. The topological polar surface area (TPSA) is 57.1 Å². The van der Waals surface area contributed by atoms with Gasteiger partial charge >= 0.3 is 0 Å². The second-order valence-electron chi connectivity index (χ2n) is 14.8. The van der Waals surface area contributed by atoms with Gasteiger partial charge in [-0.1, -0.05) is 153 Å². The molecule has 5 heteroatoms. The van der Waals surface area contributed by atoms with E-state index < -0.39 is 0 Å². The summed E-state index contributed by atoms with van der Waals surface area (Å²) < 4.78 is 13.5. The van der Waals surface area contributed by atoms with Crippen molar-refractivity contribution < 1.29 is 9.47 Å². The summed E-state index contributed by atoms with van der Waals surface area (Å²) in [6.07, 6.45) is 0. The van der Waals surface area contributed by atoms with E-state index in [1.807, 2.05) is 54.6 Å². The summed E-state index contributed by atoms with van der Waals surface area (Å²) >= 11 is 0. The van der Waals surface area contributed by atoms with E-state index in [1.165, 1.54) is 32.8 Å². The number of nitrogens with zero attached hydrogens (tertiary/aromatic N) is 3. The van der Waals surface area contributed by atoms with Crippen LogP contribution < -0.4 is 9.47 Å². The number of rotatable bonds is 4. The lowest BCUT2D eigenvalue weighted by atomic mass is 9.82. The van der Waals surface area contributed by atoms with E-state index in [2.05, 4.69) is 123 Å². The van der Waals surface area contributed by atoms with E-state index >= 15 is 0 Å². The Morgan fingerprint density at radius 1 is 0.400 bits per heavy atom. The van der Waals surface area contributed by atoms with Gasteiger partial charge in [-0.2, -0.15) is 0 Å². The molecule has 0 radical (unpaired) electrons. The fourth-order valence-corrected chi connectivity index (χ4v) is 8.40. The van der Waals surface area contributed by atoms with Gasteiger partial charge in [-0.25, -0.2) is 15.0 Å². The molecule has 0 saturated heterocycles. The van der Waals surface area contributed by atoms with E-state index in [-0.39, 0.29) is 5.41 Å². The van der Waals surface area contributed by atoms with Crippen molar-refractivity contribution in [2.45, 2.75) is 19.3 Å². The van der Waals surface area contributed by atoms with Crippen LogP contribution in [0, 0.1) is 0 Å². The largest absolute Gasteiger partial charge is 0.449 e. The molecule has 1 aliphatic carbocycles. The standard InChI is InChI=1S/C50H33N3O2/c1-50(2)40-20-9-8-18-39(40)44-41(50)26-27-43-46(44)55-42-21-11-19-38(45(42)54-43)32-15-10-16-34(28-32)48-51-47(31-13-4-3-5-14-31)52-49(53-48)35-24-25-37-33(29-35)23-22-30-12-6-7-17-36(30)37/h3-29H,1-2H3. The fourth-order valence-electron chi connectivity index (χ4n) is 8.40. The molecule has 0 bridgehead atoms. The van der Waals surface area contributed by atoms with E-state index in [4.69, 9.17) is 24.4 Å². The van der Waals surface area contributed by atoms with Crippen molar-refractivity contribution in [1.29, 1.82) is 0 Å². The Balaban J connectivity index is 1.01. The van der Waals surface area contributed by atoms with Crippen molar-refractivity contribution in [3.63, 3.8) is 0 Å². The molecule has 11 rings (SSSR count). The number of fused-ring (bicyclic) bond motifs is 9. The highest BCUT2D eigenvalue weighted by molar-refractivity contribution is 6.08. The van der Waals surface area contributed by atoms with Crippen LogP contribution >= 0.6 is 0 Å². The van der Waals surface area contributed by atoms with Crippen molar-refractivity contribution in [3.8, 4) is 79.4 Å². The second kappa shape index (κ2) is 12.0. The molecule has 2 heterocycles. The summed E-state index contributed by atoms with van der Waals surface area (Å²) in [6.45, 7) is 4.54. The fraction of sp³-hybridized carbons (Fsp3) is 0.0600. The number of ether oxygens (including phenoxy) is 2. The zero-order valence-electron chi connectivity index (χ0n) is 30.2. The van der Waals surface area contributed by atoms with E-state index in [1.54, 1.807) is 0 Å². The summed E-state index contributed by atoms with van der Waals surface area (Å²) in [5, 5.41) is 4.78. The van der Waals surface area contributed by atoms with Gasteiger partial charge in [-0.05, 0) is 68.1 Å². The maximum Gasteiger partial charge on any atom is 0.178 e. The lowest BCUT2D eigenvalue weighted by molar-refractivity contribution is 0.361. The average Bonchev–Trinajstić information content (AvgIpc) is 3.48. The lowest BCUT2D eigenvalue weighted by Gasteiger charge is -2.26. The minimum absolute atomic E-state index is 0.134. The molecule has 0 N–H and O–H groups in total. The maximum atomic E-state index is 6.77. The van der Waals surface area contributed by atoms with Crippen LogP contribution in [0.2, 0.25) is 0 Å². The van der Waals surface area contributed by atoms with Crippen LogP contribution in [-0.4, -0.2) is 15.0 Å². The highest BCUT2D eigenvalue weighted by Crippen LogP contribution is 2.59. The van der Waals surface area contributed by atoms with Crippen molar-refractivity contribution in [2.75, 3.05) is 0 Å². The number of hydrogen-bond acceptors (Lipinski definition) is 5. The maximum absolute atomic E-state index is 6.77. The molecule has 0 spiro atoms. The number of hydrogen-bond donors (Lipinski definition) is 0. The molecular weight excluding hydrogens is 675 g/mol. The average molecular weight is 708 g/mol. The first-order valence-corrected chi connectivity index (χ1v) is 18.6. The molecular formula is C50H33N3O2. The molecule has 9 aromatic rings. The highest BCUT2D eigenvalue weighted by Gasteiger charge is 2.39. The summed E-state index contributed by atoms with van der Waals surface area (Å²) in [6, 6.07) is 56.6. The third-order valence-corrected chi connectivity index (χ3v) is 11.2. The van der Waals surface area contributed by atoms with Gasteiger partial charge in [0.25, 0.3) is 0 Å². The number of para-hydroxylation sites is 1. The van der Waals surface area contributed by atoms with Crippen LogP contribution in [0.25, 0.3) is 78.0 Å². The first kappa shape index (κ1) is 31.4. The monoisotopic (exact) mass is 707 g/mol. The SMILES string of the molecule is CC1(C)c2ccccc2-c2c1ccc1c2Oc2cccc(-c3cccc(-c4nc(-c5ccccc5)nc(-c5ccc6c(ccc7ccccc76)c5)n4)c3)c2O1. The molecule has 55 heavy (non-hydrogen) atoms. The molecule has 1 aliphatic heterocycles. The molecule has 1 aromatic heterocycles. The van der Waals surface area contributed by atoms with Crippen LogP contribution in [0.1, 0.15) is 25.0 Å². The summed E-state index contributed by atoms with van der Waals surface area (Å²) in [7, 11) is 0. The Bertz CT molecular complexity index is 3020. The quantitative estimate of drug-likeness (QED) is 0.170. The van der Waals surface area contributed by atoms with Gasteiger partial charge < -0.3 is 9.47 Å². The molecule has 0 amide bonds. The second-order valence-corrected chi connectivity index (χ2v) is 14.8. The van der Waals surface area contributed by atoms with Crippen molar-refractivity contribution >= 4 is 21.5 Å². The molecule has 0 unspecified atom stereocenters. The first-order chi connectivity index (χ1) is 27.0. The molecule has 0 atom stereocenters. The molecule has 0 saturated carbocycles.